The number of amides is 1. The van der Waals surface area contributed by atoms with Crippen LogP contribution in [0.4, 0.5) is 10.6 Å². The smallest absolute Gasteiger partial charge is 0.410 e. The minimum atomic E-state index is -0.496. The number of hydrogen-bond acceptors (Lipinski definition) is 8. The first-order valence-corrected chi connectivity index (χ1v) is 14.0. The molecule has 39 heavy (non-hydrogen) atoms. The van der Waals surface area contributed by atoms with Crippen LogP contribution < -0.4 is 10.3 Å². The predicted molar refractivity (Wildman–Crippen MR) is 151 cm³/mol. The van der Waals surface area contributed by atoms with E-state index in [1.807, 2.05) is 31.9 Å². The number of hydrazone groups is 1. The Kier molecular flexibility index (Phi) is 6.40. The highest BCUT2D eigenvalue weighted by atomic mass is 16.6. The van der Waals surface area contributed by atoms with Crippen molar-refractivity contribution in [3.8, 4) is 0 Å². The molecule has 1 N–H and O–H groups in total. The fourth-order valence-electron chi connectivity index (χ4n) is 6.12. The Morgan fingerprint density at radius 3 is 2.62 bits per heavy atom. The molecule has 4 aliphatic rings. The van der Waals surface area contributed by atoms with Gasteiger partial charge in [-0.1, -0.05) is 12.2 Å². The molecule has 0 aromatic carbocycles. The molecule has 10 nitrogen and oxygen atoms in total. The van der Waals surface area contributed by atoms with Gasteiger partial charge in [-0.25, -0.2) is 14.8 Å². The Labute approximate surface area is 229 Å². The molecule has 0 spiro atoms. The van der Waals surface area contributed by atoms with Gasteiger partial charge in [0, 0.05) is 55.1 Å². The molecule has 5 heterocycles. The summed E-state index contributed by atoms with van der Waals surface area (Å²) in [5.41, 5.74) is 8.85. The number of nitrogens with zero attached hydrogens (tertiary/aromatic N) is 6. The highest BCUT2D eigenvalue weighted by Crippen LogP contribution is 2.38. The van der Waals surface area contributed by atoms with E-state index in [0.717, 1.165) is 66.4 Å². The van der Waals surface area contributed by atoms with E-state index in [2.05, 4.69) is 52.0 Å². The summed E-state index contributed by atoms with van der Waals surface area (Å²) in [5, 5.41) is 4.40. The zero-order chi connectivity index (χ0) is 27.4. The summed E-state index contributed by atoms with van der Waals surface area (Å²) >= 11 is 0. The molecule has 0 saturated carbocycles. The molecule has 2 aromatic heterocycles. The zero-order valence-electron chi connectivity index (χ0n) is 23.7. The van der Waals surface area contributed by atoms with Crippen molar-refractivity contribution < 1.29 is 14.3 Å². The minimum absolute atomic E-state index is 0.220. The van der Waals surface area contributed by atoms with Crippen molar-refractivity contribution in [2.45, 2.75) is 70.9 Å². The number of rotatable bonds is 3. The van der Waals surface area contributed by atoms with Crippen molar-refractivity contribution in [3.05, 3.63) is 41.0 Å². The van der Waals surface area contributed by atoms with Crippen LogP contribution in [0.2, 0.25) is 0 Å². The van der Waals surface area contributed by atoms with Gasteiger partial charge in [0.1, 0.15) is 5.60 Å². The molecule has 1 atom stereocenters. The number of aromatic nitrogens is 3. The Bertz CT molecular complexity index is 1370. The predicted octanol–water partition coefficient (Wildman–Crippen LogP) is 4.05. The van der Waals surface area contributed by atoms with Gasteiger partial charge in [0.25, 0.3) is 0 Å². The first kappa shape index (κ1) is 25.9. The summed E-state index contributed by atoms with van der Waals surface area (Å²) in [6.07, 6.45) is 10.8. The van der Waals surface area contributed by atoms with Gasteiger partial charge in [-0.2, -0.15) is 5.10 Å². The Balaban J connectivity index is 1.40. The van der Waals surface area contributed by atoms with E-state index < -0.39 is 5.60 Å². The van der Waals surface area contributed by atoms with Gasteiger partial charge < -0.3 is 19.3 Å². The van der Waals surface area contributed by atoms with Crippen molar-refractivity contribution in [1.82, 2.24) is 24.7 Å². The van der Waals surface area contributed by atoms with Gasteiger partial charge in [0.05, 0.1) is 36.4 Å². The van der Waals surface area contributed by atoms with Crippen LogP contribution in [0, 0.1) is 6.92 Å². The maximum absolute atomic E-state index is 12.7. The number of nitrogens with one attached hydrogen (secondary N) is 1. The van der Waals surface area contributed by atoms with E-state index in [9.17, 15) is 4.79 Å². The maximum atomic E-state index is 12.7. The second-order valence-electron chi connectivity index (χ2n) is 12.2. The molecule has 3 aliphatic heterocycles. The SMILES string of the molecule is Cc1nc2c(N3CCOCC3)nc(C3=C4C=NNC4(C)CC=C3)cn2c1C1CCN(C(=O)OC(C)(C)C)CC1. The lowest BCUT2D eigenvalue weighted by Gasteiger charge is -2.34. The Morgan fingerprint density at radius 2 is 1.90 bits per heavy atom. The summed E-state index contributed by atoms with van der Waals surface area (Å²) in [7, 11) is 0. The van der Waals surface area contributed by atoms with Crippen LogP contribution in [0.5, 0.6) is 0 Å². The number of ether oxygens (including phenoxy) is 2. The lowest BCUT2D eigenvalue weighted by molar-refractivity contribution is 0.0204. The summed E-state index contributed by atoms with van der Waals surface area (Å²) < 4.78 is 13.5. The summed E-state index contributed by atoms with van der Waals surface area (Å²) in [4.78, 5) is 27.1. The number of hydrogen-bond donors (Lipinski definition) is 1. The zero-order valence-corrected chi connectivity index (χ0v) is 23.7. The van der Waals surface area contributed by atoms with Gasteiger partial charge >= 0.3 is 6.09 Å². The van der Waals surface area contributed by atoms with Gasteiger partial charge in [-0.15, -0.1) is 0 Å². The van der Waals surface area contributed by atoms with Crippen LogP contribution in [0.15, 0.2) is 29.0 Å². The molecule has 1 unspecified atom stereocenters. The number of fused-ring (bicyclic) bond motifs is 2. The molecule has 2 saturated heterocycles. The van der Waals surface area contributed by atoms with Crippen LogP contribution in [-0.2, 0) is 9.47 Å². The number of anilines is 1. The number of morpholine rings is 1. The largest absolute Gasteiger partial charge is 0.444 e. The minimum Gasteiger partial charge on any atom is -0.444 e. The lowest BCUT2D eigenvalue weighted by Crippen LogP contribution is -2.41. The quantitative estimate of drug-likeness (QED) is 0.636. The molecular weight excluding hydrogens is 494 g/mol. The van der Waals surface area contributed by atoms with E-state index >= 15 is 0 Å². The molecule has 1 amide bonds. The topological polar surface area (TPSA) is 96.6 Å². The summed E-state index contributed by atoms with van der Waals surface area (Å²) in [5.74, 6) is 1.18. The van der Waals surface area contributed by atoms with E-state index in [1.54, 1.807) is 0 Å². The van der Waals surface area contributed by atoms with Gasteiger partial charge in [-0.3, -0.25) is 9.83 Å². The standard InChI is InChI=1S/C29H39N7O3/c1-19-24(20-8-11-35(12-9-20)27(37)39-28(2,3)4)36-18-23(21-7-6-10-29(5)22(21)17-30-33-29)32-25(26(36)31-19)34-13-15-38-16-14-34/h6-7,17-18,20,33H,8-16H2,1-5H3. The van der Waals surface area contributed by atoms with Crippen LogP contribution in [0.1, 0.15) is 70.0 Å². The molecule has 2 aromatic rings. The molecule has 0 radical (unpaired) electrons. The highest BCUT2D eigenvalue weighted by Gasteiger charge is 2.36. The maximum Gasteiger partial charge on any atom is 0.410 e. The summed E-state index contributed by atoms with van der Waals surface area (Å²) in [6, 6.07) is 0. The second-order valence-corrected chi connectivity index (χ2v) is 12.2. The van der Waals surface area contributed by atoms with E-state index in [1.165, 1.54) is 5.69 Å². The third-order valence-electron chi connectivity index (χ3n) is 8.13. The number of allylic oxidation sites excluding steroid dienone is 2. The number of aryl methyl sites for hydroxylation is 1. The second kappa shape index (κ2) is 9.66. The number of imidazole rings is 1. The number of carbonyl (C=O) groups excluding carboxylic acids is 1. The number of piperidine rings is 1. The van der Waals surface area contributed by atoms with Crippen molar-refractivity contribution >= 4 is 29.3 Å². The van der Waals surface area contributed by atoms with E-state index in [0.29, 0.717) is 26.3 Å². The van der Waals surface area contributed by atoms with E-state index in [4.69, 9.17) is 19.4 Å². The molecule has 2 fully saturated rings. The first-order chi connectivity index (χ1) is 18.6. The molecule has 208 valence electrons. The van der Waals surface area contributed by atoms with Gasteiger partial charge in [-0.05, 0) is 53.9 Å². The van der Waals surface area contributed by atoms with Crippen molar-refractivity contribution in [2.24, 2.45) is 5.10 Å². The van der Waals surface area contributed by atoms with Crippen molar-refractivity contribution in [2.75, 3.05) is 44.3 Å². The monoisotopic (exact) mass is 533 g/mol. The van der Waals surface area contributed by atoms with Crippen molar-refractivity contribution in [1.29, 1.82) is 0 Å². The van der Waals surface area contributed by atoms with Crippen LogP contribution >= 0.6 is 0 Å². The fraction of sp³-hybridized carbons (Fsp3) is 0.586. The van der Waals surface area contributed by atoms with Gasteiger partial charge in [0.15, 0.2) is 11.5 Å². The average Bonchev–Trinajstić information content (AvgIpc) is 3.46. The Morgan fingerprint density at radius 1 is 1.15 bits per heavy atom. The molecule has 1 aliphatic carbocycles. The molecule has 6 rings (SSSR count). The fourth-order valence-corrected chi connectivity index (χ4v) is 6.12. The van der Waals surface area contributed by atoms with E-state index in [-0.39, 0.29) is 17.6 Å². The molecule has 0 bridgehead atoms. The lowest BCUT2D eigenvalue weighted by atomic mass is 9.82. The van der Waals surface area contributed by atoms with Gasteiger partial charge in [0.2, 0.25) is 0 Å². The third kappa shape index (κ3) is 4.79. The third-order valence-corrected chi connectivity index (χ3v) is 8.13. The summed E-state index contributed by atoms with van der Waals surface area (Å²) in [6.45, 7) is 14.3. The number of carbonyl (C=O) groups is 1. The molecular formula is C29H39N7O3. The molecule has 10 heteroatoms. The number of likely N-dealkylation sites (tertiary alicyclic amines) is 1. The highest BCUT2D eigenvalue weighted by molar-refractivity contribution is 5.98. The van der Waals surface area contributed by atoms with Crippen LogP contribution in [0.25, 0.3) is 11.2 Å². The van der Waals surface area contributed by atoms with Crippen LogP contribution in [0.3, 0.4) is 0 Å². The van der Waals surface area contributed by atoms with Crippen molar-refractivity contribution in [3.63, 3.8) is 0 Å². The first-order valence-electron chi connectivity index (χ1n) is 14.0. The Hall–Kier alpha value is -3.40. The van der Waals surface area contributed by atoms with Crippen LogP contribution in [-0.4, -0.2) is 82.1 Å². The average molecular weight is 534 g/mol. The normalized spacial score (nSPS) is 23.9.